The number of benzene rings is 1. The Balaban J connectivity index is 1.86. The first kappa shape index (κ1) is 21.3. The molecule has 2 aliphatic heterocycles. The second-order valence-corrected chi connectivity index (χ2v) is 7.67. The van der Waals surface area contributed by atoms with Crippen LogP contribution in [0, 0.1) is 6.92 Å². The second kappa shape index (κ2) is 9.89. The average molecular weight is 401 g/mol. The topological polar surface area (TPSA) is 73.9 Å². The highest BCUT2D eigenvalue weighted by molar-refractivity contribution is 5.95. The largest absolute Gasteiger partial charge is 0.463 e. The molecule has 7 heteroatoms. The number of ether oxygens (including phenoxy) is 1. The molecule has 1 saturated heterocycles. The highest BCUT2D eigenvalue weighted by atomic mass is 16.5. The zero-order chi connectivity index (χ0) is 20.8. The number of amides is 2. The van der Waals surface area contributed by atoms with Crippen molar-refractivity contribution in [2.75, 3.05) is 45.9 Å². The van der Waals surface area contributed by atoms with Gasteiger partial charge in [0.25, 0.3) is 0 Å². The van der Waals surface area contributed by atoms with Gasteiger partial charge in [0.05, 0.1) is 18.2 Å². The quantitative estimate of drug-likeness (QED) is 0.687. The molecular formula is C22H32N4O3. The monoisotopic (exact) mass is 400 g/mol. The minimum atomic E-state index is -0.514. The molecule has 0 aromatic heterocycles. The lowest BCUT2D eigenvalue weighted by Crippen LogP contribution is -2.51. The van der Waals surface area contributed by atoms with Crippen LogP contribution in [0.15, 0.2) is 35.5 Å². The summed E-state index contributed by atoms with van der Waals surface area (Å²) in [4.78, 5) is 30.0. The van der Waals surface area contributed by atoms with Gasteiger partial charge in [-0.25, -0.2) is 9.59 Å². The van der Waals surface area contributed by atoms with Crippen LogP contribution in [-0.4, -0.2) is 67.7 Å². The Morgan fingerprint density at radius 3 is 2.38 bits per heavy atom. The van der Waals surface area contributed by atoms with Gasteiger partial charge in [-0.2, -0.15) is 0 Å². The molecule has 1 atom stereocenters. The summed E-state index contributed by atoms with van der Waals surface area (Å²) >= 11 is 0. The van der Waals surface area contributed by atoms with Crippen LogP contribution in [-0.2, 0) is 9.53 Å². The summed E-state index contributed by atoms with van der Waals surface area (Å²) in [7, 11) is 0. The molecule has 0 saturated carbocycles. The fourth-order valence-electron chi connectivity index (χ4n) is 3.91. The molecule has 0 unspecified atom stereocenters. The number of hydrogen-bond acceptors (Lipinski definition) is 5. The van der Waals surface area contributed by atoms with Crippen LogP contribution in [0.5, 0.6) is 0 Å². The van der Waals surface area contributed by atoms with Crippen LogP contribution in [0.1, 0.15) is 37.4 Å². The van der Waals surface area contributed by atoms with E-state index in [4.69, 9.17) is 4.74 Å². The molecule has 2 N–H and O–H groups in total. The van der Waals surface area contributed by atoms with Gasteiger partial charge < -0.3 is 20.3 Å². The molecule has 1 aromatic carbocycles. The molecule has 158 valence electrons. The van der Waals surface area contributed by atoms with Crippen LogP contribution < -0.4 is 10.6 Å². The molecule has 29 heavy (non-hydrogen) atoms. The summed E-state index contributed by atoms with van der Waals surface area (Å²) < 4.78 is 5.35. The van der Waals surface area contributed by atoms with Crippen LogP contribution in [0.25, 0.3) is 0 Å². The SMILES string of the molecule is CCCN1CCN(CC2=C(C(=O)OCC)[C@H](c3ccc(C)cc3)NC(=O)N2)CC1. The Kier molecular flexibility index (Phi) is 7.28. The molecule has 2 heterocycles. The van der Waals surface area contributed by atoms with E-state index in [2.05, 4.69) is 27.4 Å². The third kappa shape index (κ3) is 5.36. The molecule has 0 spiro atoms. The van der Waals surface area contributed by atoms with Gasteiger partial charge >= 0.3 is 12.0 Å². The average Bonchev–Trinajstić information content (AvgIpc) is 2.70. The summed E-state index contributed by atoms with van der Waals surface area (Å²) in [6.07, 6.45) is 1.15. The minimum absolute atomic E-state index is 0.289. The van der Waals surface area contributed by atoms with Crippen LogP contribution >= 0.6 is 0 Å². The molecule has 7 nitrogen and oxygen atoms in total. The summed E-state index contributed by atoms with van der Waals surface area (Å²) in [5.74, 6) is -0.384. The van der Waals surface area contributed by atoms with E-state index in [1.165, 1.54) is 0 Å². The van der Waals surface area contributed by atoms with Gasteiger partial charge in [0.2, 0.25) is 0 Å². The summed E-state index contributed by atoms with van der Waals surface area (Å²) in [6.45, 7) is 11.8. The first-order valence-electron chi connectivity index (χ1n) is 10.5. The van der Waals surface area contributed by atoms with Crippen molar-refractivity contribution in [1.29, 1.82) is 0 Å². The number of aryl methyl sites for hydroxylation is 1. The van der Waals surface area contributed by atoms with E-state index in [1.807, 2.05) is 31.2 Å². The third-order valence-corrected chi connectivity index (χ3v) is 5.45. The standard InChI is InChI=1S/C22H32N4O3/c1-4-10-25-11-13-26(14-12-25)15-18-19(21(27)29-5-2)20(24-22(28)23-18)17-8-6-16(3)7-9-17/h6-9,20H,4-5,10-15H2,1-3H3,(H2,23,24,28)/t20-/m0/s1. The van der Waals surface area contributed by atoms with Gasteiger partial charge in [-0.05, 0) is 32.4 Å². The molecule has 0 bridgehead atoms. The van der Waals surface area contributed by atoms with Gasteiger partial charge in [0.15, 0.2) is 0 Å². The van der Waals surface area contributed by atoms with Crippen molar-refractivity contribution in [2.24, 2.45) is 0 Å². The summed E-state index contributed by atoms with van der Waals surface area (Å²) in [5, 5.41) is 5.77. The molecular weight excluding hydrogens is 368 g/mol. The Morgan fingerprint density at radius 2 is 1.76 bits per heavy atom. The highest BCUT2D eigenvalue weighted by Crippen LogP contribution is 2.28. The van der Waals surface area contributed by atoms with Gasteiger partial charge in [-0.3, -0.25) is 4.90 Å². The number of piperazine rings is 1. The van der Waals surface area contributed by atoms with Crippen molar-refractivity contribution in [3.63, 3.8) is 0 Å². The molecule has 1 aromatic rings. The Hall–Kier alpha value is -2.38. The van der Waals surface area contributed by atoms with Gasteiger partial charge in [-0.1, -0.05) is 36.8 Å². The highest BCUT2D eigenvalue weighted by Gasteiger charge is 2.34. The summed E-state index contributed by atoms with van der Waals surface area (Å²) in [5.41, 5.74) is 3.13. The van der Waals surface area contributed by atoms with Crippen LogP contribution in [0.4, 0.5) is 4.79 Å². The van der Waals surface area contributed by atoms with Crippen molar-refractivity contribution in [3.8, 4) is 0 Å². The van der Waals surface area contributed by atoms with Crippen LogP contribution in [0.3, 0.4) is 0 Å². The number of esters is 1. The number of rotatable bonds is 7. The first-order chi connectivity index (χ1) is 14.0. The smallest absolute Gasteiger partial charge is 0.338 e. The van der Waals surface area contributed by atoms with Gasteiger partial charge in [0.1, 0.15) is 0 Å². The Morgan fingerprint density at radius 1 is 1.10 bits per heavy atom. The minimum Gasteiger partial charge on any atom is -0.463 e. The molecule has 1 fully saturated rings. The number of carbonyl (C=O) groups excluding carboxylic acids is 2. The number of nitrogens with zero attached hydrogens (tertiary/aromatic N) is 2. The van der Waals surface area contributed by atoms with Gasteiger partial charge in [0, 0.05) is 38.4 Å². The van der Waals surface area contributed by atoms with E-state index in [1.54, 1.807) is 6.92 Å². The lowest BCUT2D eigenvalue weighted by atomic mass is 9.94. The summed E-state index contributed by atoms with van der Waals surface area (Å²) in [6, 6.07) is 7.07. The zero-order valence-electron chi connectivity index (χ0n) is 17.7. The van der Waals surface area contributed by atoms with Crippen molar-refractivity contribution >= 4 is 12.0 Å². The van der Waals surface area contributed by atoms with Crippen molar-refractivity contribution in [3.05, 3.63) is 46.7 Å². The number of carbonyl (C=O) groups is 2. The molecule has 0 aliphatic carbocycles. The van der Waals surface area contributed by atoms with Crippen molar-refractivity contribution in [2.45, 2.75) is 33.2 Å². The van der Waals surface area contributed by atoms with Crippen molar-refractivity contribution in [1.82, 2.24) is 20.4 Å². The van der Waals surface area contributed by atoms with Gasteiger partial charge in [-0.15, -0.1) is 0 Å². The predicted molar refractivity (Wildman–Crippen MR) is 112 cm³/mol. The van der Waals surface area contributed by atoms with E-state index in [9.17, 15) is 9.59 Å². The Labute approximate surface area is 173 Å². The number of hydrogen-bond donors (Lipinski definition) is 2. The maximum atomic E-state index is 12.8. The fourth-order valence-corrected chi connectivity index (χ4v) is 3.91. The Bertz CT molecular complexity index is 752. The number of nitrogens with one attached hydrogen (secondary N) is 2. The van der Waals surface area contributed by atoms with Crippen LogP contribution in [0.2, 0.25) is 0 Å². The fraction of sp³-hybridized carbons (Fsp3) is 0.545. The lowest BCUT2D eigenvalue weighted by molar-refractivity contribution is -0.139. The zero-order valence-corrected chi connectivity index (χ0v) is 17.7. The number of urea groups is 1. The molecule has 2 amide bonds. The van der Waals surface area contributed by atoms with E-state index >= 15 is 0 Å². The third-order valence-electron chi connectivity index (χ3n) is 5.45. The lowest BCUT2D eigenvalue weighted by Gasteiger charge is -2.37. The molecule has 3 rings (SSSR count). The normalized spacial score (nSPS) is 20.9. The van der Waals surface area contributed by atoms with E-state index in [0.717, 1.165) is 50.3 Å². The molecule has 0 radical (unpaired) electrons. The second-order valence-electron chi connectivity index (χ2n) is 7.67. The predicted octanol–water partition coefficient (Wildman–Crippen LogP) is 2.19. The first-order valence-corrected chi connectivity index (χ1v) is 10.5. The van der Waals surface area contributed by atoms with Crippen molar-refractivity contribution < 1.29 is 14.3 Å². The molecule has 2 aliphatic rings. The van der Waals surface area contributed by atoms with E-state index in [-0.39, 0.29) is 12.0 Å². The maximum absolute atomic E-state index is 12.8. The van der Waals surface area contributed by atoms with E-state index < -0.39 is 6.04 Å². The van der Waals surface area contributed by atoms with E-state index in [0.29, 0.717) is 24.4 Å². The maximum Gasteiger partial charge on any atom is 0.338 e.